The Hall–Kier alpha value is -4.59. The van der Waals surface area contributed by atoms with E-state index in [0.717, 1.165) is 0 Å². The summed E-state index contributed by atoms with van der Waals surface area (Å²) in [5.74, 6) is -0.813. The standard InChI is InChI=1S/C24H16O8/c1-30-20-7-12(6-16(27)23(20)29)24-22(28)15-10-17(11-2-4-13(25)5-3-11)31-18-8-14(26)9-19(32-24)21(15)18/h2-10,25,27-29H,1H3. The van der Waals surface area contributed by atoms with E-state index in [-0.39, 0.29) is 45.2 Å². The first-order valence-electron chi connectivity index (χ1n) is 9.49. The maximum Gasteiger partial charge on any atom is 0.200 e. The molecule has 8 heteroatoms. The average molecular weight is 432 g/mol. The quantitative estimate of drug-likeness (QED) is 0.301. The molecule has 32 heavy (non-hydrogen) atoms. The van der Waals surface area contributed by atoms with E-state index in [0.29, 0.717) is 22.1 Å². The van der Waals surface area contributed by atoms with E-state index in [2.05, 4.69) is 0 Å². The van der Waals surface area contributed by atoms with Gasteiger partial charge in [0.1, 0.15) is 22.7 Å². The minimum atomic E-state index is -0.468. The SMILES string of the molecule is COc1cc(-c2oc3cc(=O)cc4oc(-c5ccc(O)cc5)cc(c2O)c43)cc(O)c1O. The Morgan fingerprint density at radius 2 is 1.47 bits per heavy atom. The number of phenols is 3. The monoisotopic (exact) mass is 432 g/mol. The molecule has 4 N–H and O–H groups in total. The molecule has 3 aromatic carbocycles. The zero-order valence-corrected chi connectivity index (χ0v) is 16.6. The maximum atomic E-state index is 12.3. The Kier molecular flexibility index (Phi) is 4.23. The molecule has 160 valence electrons. The molecule has 0 aliphatic heterocycles. The third-order valence-electron chi connectivity index (χ3n) is 5.18. The fraction of sp³-hybridized carbons (Fsp3) is 0.0417. The molecular weight excluding hydrogens is 416 g/mol. The Morgan fingerprint density at radius 3 is 2.16 bits per heavy atom. The summed E-state index contributed by atoms with van der Waals surface area (Å²) in [4.78, 5) is 12.3. The van der Waals surface area contributed by atoms with E-state index >= 15 is 0 Å². The lowest BCUT2D eigenvalue weighted by Gasteiger charge is -2.14. The summed E-state index contributed by atoms with van der Waals surface area (Å²) >= 11 is 0. The van der Waals surface area contributed by atoms with Crippen molar-refractivity contribution < 1.29 is 34.0 Å². The highest BCUT2D eigenvalue weighted by Crippen LogP contribution is 2.46. The second-order valence-corrected chi connectivity index (χ2v) is 7.19. The van der Waals surface area contributed by atoms with Crippen LogP contribution in [0.1, 0.15) is 0 Å². The first-order chi connectivity index (χ1) is 15.4. The molecule has 0 fully saturated rings. The smallest absolute Gasteiger partial charge is 0.200 e. The van der Waals surface area contributed by atoms with Crippen LogP contribution in [0.3, 0.4) is 0 Å². The highest BCUT2D eigenvalue weighted by Gasteiger charge is 2.21. The summed E-state index contributed by atoms with van der Waals surface area (Å²) in [6, 6.07) is 13.0. The van der Waals surface area contributed by atoms with Gasteiger partial charge in [0.2, 0.25) is 5.75 Å². The third-order valence-corrected chi connectivity index (χ3v) is 5.18. The molecule has 0 aliphatic rings. The van der Waals surface area contributed by atoms with Crippen molar-refractivity contribution in [2.75, 3.05) is 7.11 Å². The fourth-order valence-electron chi connectivity index (χ4n) is 3.65. The molecule has 0 bridgehead atoms. The van der Waals surface area contributed by atoms with Crippen molar-refractivity contribution in [1.82, 2.24) is 0 Å². The number of benzene rings is 3. The van der Waals surface area contributed by atoms with Gasteiger partial charge in [0.05, 0.1) is 12.5 Å². The zero-order valence-electron chi connectivity index (χ0n) is 16.6. The second-order valence-electron chi connectivity index (χ2n) is 7.19. The molecule has 0 saturated carbocycles. The van der Waals surface area contributed by atoms with Gasteiger partial charge in [0, 0.05) is 28.6 Å². The van der Waals surface area contributed by atoms with Gasteiger partial charge in [-0.2, -0.15) is 0 Å². The lowest BCUT2D eigenvalue weighted by Crippen LogP contribution is -1.98. The fourth-order valence-corrected chi connectivity index (χ4v) is 3.65. The Balaban J connectivity index is 1.86. The van der Waals surface area contributed by atoms with Crippen molar-refractivity contribution >= 4 is 21.9 Å². The van der Waals surface area contributed by atoms with Crippen LogP contribution in [0, 0.1) is 0 Å². The summed E-state index contributed by atoms with van der Waals surface area (Å²) in [5, 5.41) is 41.4. The molecule has 0 radical (unpaired) electrons. The van der Waals surface area contributed by atoms with Crippen LogP contribution in [-0.2, 0) is 0 Å². The van der Waals surface area contributed by atoms with Crippen LogP contribution in [0.5, 0.6) is 28.7 Å². The predicted octanol–water partition coefficient (Wildman–Crippen LogP) is 4.70. The molecule has 0 spiro atoms. The molecular formula is C24H16O8. The summed E-state index contributed by atoms with van der Waals surface area (Å²) in [6.45, 7) is 0. The van der Waals surface area contributed by atoms with Crippen LogP contribution in [0.15, 0.2) is 68.2 Å². The first-order valence-corrected chi connectivity index (χ1v) is 9.49. The van der Waals surface area contributed by atoms with Gasteiger partial charge in [0.15, 0.2) is 28.4 Å². The predicted molar refractivity (Wildman–Crippen MR) is 116 cm³/mol. The Bertz CT molecular complexity index is 1560. The summed E-state index contributed by atoms with van der Waals surface area (Å²) in [5.41, 5.74) is 0.852. The van der Waals surface area contributed by atoms with Gasteiger partial charge in [-0.05, 0) is 42.5 Å². The largest absolute Gasteiger partial charge is 0.508 e. The Labute approximate surface area is 179 Å². The summed E-state index contributed by atoms with van der Waals surface area (Å²) < 4.78 is 16.8. The van der Waals surface area contributed by atoms with Gasteiger partial charge in [0.25, 0.3) is 0 Å². The topological polar surface area (TPSA) is 134 Å². The van der Waals surface area contributed by atoms with Gasteiger partial charge >= 0.3 is 0 Å². The van der Waals surface area contributed by atoms with E-state index in [1.54, 1.807) is 18.2 Å². The third kappa shape index (κ3) is 2.97. The van der Waals surface area contributed by atoms with Crippen molar-refractivity contribution in [1.29, 1.82) is 0 Å². The van der Waals surface area contributed by atoms with Gasteiger partial charge in [-0.25, -0.2) is 0 Å². The molecule has 0 aliphatic carbocycles. The van der Waals surface area contributed by atoms with Crippen molar-refractivity contribution in [3.05, 3.63) is 64.8 Å². The van der Waals surface area contributed by atoms with Crippen LogP contribution in [0.4, 0.5) is 0 Å². The van der Waals surface area contributed by atoms with E-state index < -0.39 is 11.5 Å². The number of aromatic hydroxyl groups is 4. The minimum Gasteiger partial charge on any atom is -0.508 e. The Morgan fingerprint density at radius 1 is 0.781 bits per heavy atom. The van der Waals surface area contributed by atoms with E-state index in [4.69, 9.17) is 13.6 Å². The van der Waals surface area contributed by atoms with E-state index in [1.165, 1.54) is 43.5 Å². The molecule has 5 aromatic rings. The van der Waals surface area contributed by atoms with Crippen molar-refractivity contribution in [2.45, 2.75) is 0 Å². The molecule has 8 nitrogen and oxygen atoms in total. The summed E-state index contributed by atoms with van der Waals surface area (Å²) in [7, 11) is 1.32. The van der Waals surface area contributed by atoms with Gasteiger partial charge in [-0.1, -0.05) is 0 Å². The number of methoxy groups -OCH3 is 1. The molecule has 5 rings (SSSR count). The molecule has 0 unspecified atom stereocenters. The molecule has 2 aromatic heterocycles. The number of hydrogen-bond donors (Lipinski definition) is 4. The molecule has 0 amide bonds. The van der Waals surface area contributed by atoms with E-state index in [9.17, 15) is 25.2 Å². The molecule has 2 heterocycles. The second kappa shape index (κ2) is 6.98. The van der Waals surface area contributed by atoms with Gasteiger partial charge < -0.3 is 34.0 Å². The number of hydrogen-bond acceptors (Lipinski definition) is 8. The van der Waals surface area contributed by atoms with Crippen molar-refractivity contribution in [2.24, 2.45) is 0 Å². The highest BCUT2D eigenvalue weighted by atomic mass is 16.5. The average Bonchev–Trinajstić information content (AvgIpc) is 2.77. The normalized spacial score (nSPS) is 11.3. The van der Waals surface area contributed by atoms with Crippen LogP contribution in [0.25, 0.3) is 44.6 Å². The van der Waals surface area contributed by atoms with Crippen LogP contribution >= 0.6 is 0 Å². The zero-order chi connectivity index (χ0) is 22.6. The van der Waals surface area contributed by atoms with Crippen LogP contribution in [-0.4, -0.2) is 27.5 Å². The lowest BCUT2D eigenvalue weighted by molar-refractivity contribution is 0.351. The minimum absolute atomic E-state index is 0.0229. The van der Waals surface area contributed by atoms with Crippen molar-refractivity contribution in [3.8, 4) is 51.4 Å². The van der Waals surface area contributed by atoms with Crippen molar-refractivity contribution in [3.63, 3.8) is 0 Å². The highest BCUT2D eigenvalue weighted by molar-refractivity contribution is 6.10. The van der Waals surface area contributed by atoms with Crippen LogP contribution < -0.4 is 10.2 Å². The van der Waals surface area contributed by atoms with Crippen LogP contribution in [0.2, 0.25) is 0 Å². The lowest BCUT2D eigenvalue weighted by atomic mass is 10.0. The number of rotatable bonds is 3. The summed E-state index contributed by atoms with van der Waals surface area (Å²) in [6.07, 6.45) is 0. The first kappa shape index (κ1) is 19.4. The van der Waals surface area contributed by atoms with E-state index in [1.807, 2.05) is 0 Å². The van der Waals surface area contributed by atoms with Gasteiger partial charge in [-0.15, -0.1) is 0 Å². The maximum absolute atomic E-state index is 12.3. The number of phenolic OH excluding ortho intramolecular Hbond substituents is 3. The molecule has 0 atom stereocenters. The molecule has 0 saturated heterocycles. The van der Waals surface area contributed by atoms with Gasteiger partial charge in [-0.3, -0.25) is 4.79 Å². The number of ether oxygens (including phenoxy) is 1.